The molecule has 146 valence electrons. The maximum atomic E-state index is 12.6. The van der Waals surface area contributed by atoms with E-state index in [9.17, 15) is 18.0 Å². The van der Waals surface area contributed by atoms with Crippen LogP contribution in [0.25, 0.3) is 0 Å². The van der Waals surface area contributed by atoms with Gasteiger partial charge in [0.2, 0.25) is 0 Å². The third-order valence-electron chi connectivity index (χ3n) is 4.51. The highest BCUT2D eigenvalue weighted by molar-refractivity contribution is 7.92. The average Bonchev–Trinajstić information content (AvgIpc) is 2.59. The molecular weight excluding hydrogens is 370 g/mol. The number of carbonyl (C=O) groups is 2. The van der Waals surface area contributed by atoms with E-state index >= 15 is 0 Å². The van der Waals surface area contributed by atoms with E-state index in [-0.39, 0.29) is 24.7 Å². The fraction of sp³-hybridized carbons (Fsp3) is 0.474. The van der Waals surface area contributed by atoms with Crippen molar-refractivity contribution in [2.75, 3.05) is 19.0 Å². The third kappa shape index (κ3) is 4.06. The minimum atomic E-state index is -3.62. The maximum Gasteiger partial charge on any atom is 0.260 e. The predicted octanol–water partition coefficient (Wildman–Crippen LogP) is 1.55. The molecule has 1 fully saturated rings. The molecule has 27 heavy (non-hydrogen) atoms. The summed E-state index contributed by atoms with van der Waals surface area (Å²) >= 11 is 0. The van der Waals surface area contributed by atoms with Crippen molar-refractivity contribution >= 4 is 21.5 Å². The molecule has 2 aliphatic rings. The summed E-state index contributed by atoms with van der Waals surface area (Å²) < 4.78 is 36.2. The van der Waals surface area contributed by atoms with Crippen LogP contribution in [0.3, 0.4) is 0 Å². The number of nitrogens with zero attached hydrogens (tertiary/aromatic N) is 1. The number of amides is 1. The van der Waals surface area contributed by atoms with Crippen LogP contribution < -0.4 is 4.74 Å². The van der Waals surface area contributed by atoms with Crippen molar-refractivity contribution in [2.24, 2.45) is 5.41 Å². The van der Waals surface area contributed by atoms with Gasteiger partial charge in [0.05, 0.1) is 5.75 Å². The first kappa shape index (κ1) is 19.6. The number of rotatable bonds is 6. The molecule has 0 aromatic heterocycles. The van der Waals surface area contributed by atoms with Gasteiger partial charge in [0.25, 0.3) is 5.91 Å². The molecule has 0 bridgehead atoms. The molecule has 1 aromatic rings. The lowest BCUT2D eigenvalue weighted by molar-refractivity contribution is -0.163. The van der Waals surface area contributed by atoms with Gasteiger partial charge in [-0.2, -0.15) is 0 Å². The summed E-state index contributed by atoms with van der Waals surface area (Å²) in [6.07, 6.45) is 0.386. The normalized spacial score (nSPS) is 23.9. The van der Waals surface area contributed by atoms with Crippen molar-refractivity contribution in [3.05, 3.63) is 42.1 Å². The van der Waals surface area contributed by atoms with Crippen LogP contribution in [0.15, 0.2) is 42.1 Å². The molecule has 0 N–H and O–H groups in total. The standard InChI is InChI=1S/C19H23NO6S/c1-19(2,3)15(21)11-26-16-17(22)20-9-13(12-27(23,24)18(16)20)10-25-14-7-5-4-6-8-14/h4-9,16,18H,10-12H2,1-3H3/t16-,18-/m0/s1. The van der Waals surface area contributed by atoms with E-state index in [1.807, 2.05) is 18.2 Å². The predicted molar refractivity (Wildman–Crippen MR) is 98.6 cm³/mol. The lowest BCUT2D eigenvalue weighted by Crippen LogP contribution is -2.68. The SMILES string of the molecule is CC(C)(C)C(=O)CO[C@H]1C(=O)N2C=C(COc3ccccc3)CS(=O)(=O)[C@@H]12. The molecule has 2 atom stereocenters. The third-order valence-corrected chi connectivity index (χ3v) is 6.49. The zero-order valence-electron chi connectivity index (χ0n) is 15.5. The monoisotopic (exact) mass is 393 g/mol. The van der Waals surface area contributed by atoms with Crippen LogP contribution in [0.4, 0.5) is 0 Å². The molecule has 7 nitrogen and oxygen atoms in total. The van der Waals surface area contributed by atoms with Gasteiger partial charge in [-0.25, -0.2) is 8.42 Å². The molecule has 0 unspecified atom stereocenters. The molecular formula is C19H23NO6S. The van der Waals surface area contributed by atoms with E-state index in [4.69, 9.17) is 9.47 Å². The summed E-state index contributed by atoms with van der Waals surface area (Å²) in [7, 11) is -3.62. The Balaban J connectivity index is 1.66. The Labute approximate surface area is 158 Å². The maximum absolute atomic E-state index is 12.6. The van der Waals surface area contributed by atoms with Crippen molar-refractivity contribution < 1.29 is 27.5 Å². The number of para-hydroxylation sites is 1. The van der Waals surface area contributed by atoms with Crippen LogP contribution in [0.2, 0.25) is 0 Å². The number of β-lactam (4-membered cyclic amide) rings is 1. The summed E-state index contributed by atoms with van der Waals surface area (Å²) in [6, 6.07) is 9.02. The molecule has 0 radical (unpaired) electrons. The summed E-state index contributed by atoms with van der Waals surface area (Å²) in [6.45, 7) is 5.02. The first-order valence-corrected chi connectivity index (χ1v) is 10.4. The molecule has 8 heteroatoms. The number of carbonyl (C=O) groups excluding carboxylic acids is 2. The van der Waals surface area contributed by atoms with Crippen LogP contribution in [0.1, 0.15) is 20.8 Å². The number of Topliss-reactive ketones (excluding diaryl/α,β-unsaturated/α-hetero) is 1. The van der Waals surface area contributed by atoms with Crippen molar-refractivity contribution in [3.63, 3.8) is 0 Å². The van der Waals surface area contributed by atoms with Crippen molar-refractivity contribution in [3.8, 4) is 5.75 Å². The van der Waals surface area contributed by atoms with Gasteiger partial charge in [0.1, 0.15) is 19.0 Å². The van der Waals surface area contributed by atoms with Crippen molar-refractivity contribution in [1.82, 2.24) is 4.90 Å². The van der Waals surface area contributed by atoms with Gasteiger partial charge in [-0.15, -0.1) is 0 Å². The second kappa shape index (κ2) is 7.09. The van der Waals surface area contributed by atoms with Gasteiger partial charge in [-0.3, -0.25) is 14.5 Å². The summed E-state index contributed by atoms with van der Waals surface area (Å²) in [4.78, 5) is 25.4. The molecule has 1 amide bonds. The second-order valence-corrected chi connectivity index (χ2v) is 9.83. The van der Waals surface area contributed by atoms with Gasteiger partial charge >= 0.3 is 0 Å². The Kier molecular flexibility index (Phi) is 5.14. The van der Waals surface area contributed by atoms with E-state index in [1.54, 1.807) is 32.9 Å². The first-order chi connectivity index (χ1) is 12.6. The topological polar surface area (TPSA) is 90.0 Å². The number of ketones is 1. The Morgan fingerprint density at radius 1 is 1.22 bits per heavy atom. The fourth-order valence-corrected chi connectivity index (χ4v) is 4.77. The summed E-state index contributed by atoms with van der Waals surface area (Å²) in [5.41, 5.74) is -0.118. The fourth-order valence-electron chi connectivity index (χ4n) is 2.84. The van der Waals surface area contributed by atoms with Crippen LogP contribution in [-0.4, -0.2) is 55.5 Å². The molecule has 0 aliphatic carbocycles. The number of hydrogen-bond donors (Lipinski definition) is 0. The number of benzene rings is 1. The number of sulfone groups is 1. The average molecular weight is 393 g/mol. The van der Waals surface area contributed by atoms with Crippen LogP contribution >= 0.6 is 0 Å². The van der Waals surface area contributed by atoms with E-state index in [0.29, 0.717) is 11.3 Å². The largest absolute Gasteiger partial charge is 0.489 e. The molecule has 1 saturated heterocycles. The molecule has 0 saturated carbocycles. The molecule has 3 rings (SSSR count). The second-order valence-electron chi connectivity index (χ2n) is 7.74. The Bertz CT molecular complexity index is 869. The van der Waals surface area contributed by atoms with E-state index in [0.717, 1.165) is 4.90 Å². The summed E-state index contributed by atoms with van der Waals surface area (Å²) in [5.74, 6) is -0.229. The minimum Gasteiger partial charge on any atom is -0.489 e. The van der Waals surface area contributed by atoms with Crippen LogP contribution in [0, 0.1) is 5.41 Å². The smallest absolute Gasteiger partial charge is 0.260 e. The highest BCUT2D eigenvalue weighted by Crippen LogP contribution is 2.34. The molecule has 1 aromatic carbocycles. The van der Waals surface area contributed by atoms with Gasteiger partial charge < -0.3 is 9.47 Å². The van der Waals surface area contributed by atoms with Gasteiger partial charge in [-0.1, -0.05) is 39.0 Å². The van der Waals surface area contributed by atoms with Gasteiger partial charge in [-0.05, 0) is 17.7 Å². The van der Waals surface area contributed by atoms with Gasteiger partial charge in [0.15, 0.2) is 27.1 Å². The zero-order chi connectivity index (χ0) is 19.8. The Hall–Kier alpha value is -2.19. The van der Waals surface area contributed by atoms with Crippen molar-refractivity contribution in [2.45, 2.75) is 32.2 Å². The Morgan fingerprint density at radius 2 is 1.89 bits per heavy atom. The summed E-state index contributed by atoms with van der Waals surface area (Å²) in [5, 5.41) is -1.07. The van der Waals surface area contributed by atoms with Crippen LogP contribution in [0.5, 0.6) is 5.75 Å². The lowest BCUT2D eigenvalue weighted by atomic mass is 9.91. The highest BCUT2D eigenvalue weighted by atomic mass is 32.2. The van der Waals surface area contributed by atoms with E-state index < -0.39 is 32.6 Å². The minimum absolute atomic E-state index is 0.0772. The molecule has 2 heterocycles. The number of ether oxygens (including phenoxy) is 2. The van der Waals surface area contributed by atoms with E-state index in [1.165, 1.54) is 6.20 Å². The van der Waals surface area contributed by atoms with Crippen molar-refractivity contribution in [1.29, 1.82) is 0 Å². The zero-order valence-corrected chi connectivity index (χ0v) is 16.4. The Morgan fingerprint density at radius 3 is 2.52 bits per heavy atom. The molecule has 2 aliphatic heterocycles. The quantitative estimate of drug-likeness (QED) is 0.681. The van der Waals surface area contributed by atoms with Gasteiger partial charge in [0, 0.05) is 11.6 Å². The molecule has 0 spiro atoms. The number of fused-ring (bicyclic) bond motifs is 1. The number of hydrogen-bond acceptors (Lipinski definition) is 6. The lowest BCUT2D eigenvalue weighted by Gasteiger charge is -2.46. The highest BCUT2D eigenvalue weighted by Gasteiger charge is 2.57. The van der Waals surface area contributed by atoms with Crippen LogP contribution in [-0.2, 0) is 24.2 Å². The van der Waals surface area contributed by atoms with E-state index in [2.05, 4.69) is 0 Å². The first-order valence-electron chi connectivity index (χ1n) is 8.66.